The number of carbonyl (C=O) groups is 2. The number of aliphatic hydroxyl groups is 7. The molecule has 0 bridgehead atoms. The smallest absolute Gasteiger partial charge is 0.394 e. The molecule has 0 heterocycles. The fourth-order valence-electron chi connectivity index (χ4n) is 1.20. The topological polar surface area (TPSA) is 239 Å². The third kappa shape index (κ3) is 11.2. The number of hydrogen-bond donors (Lipinski definition) is 8. The Morgan fingerprint density at radius 3 is 1.68 bits per heavy atom. The summed E-state index contributed by atoms with van der Waals surface area (Å²) in [6, 6.07) is 0. The first-order valence-electron chi connectivity index (χ1n) is 6.57. The summed E-state index contributed by atoms with van der Waals surface area (Å²) < 4.78 is 32.4. The second-order valence-corrected chi connectivity index (χ2v) is 5.76. The van der Waals surface area contributed by atoms with E-state index in [0.29, 0.717) is 0 Å². The van der Waals surface area contributed by atoms with E-state index in [1.54, 1.807) is 0 Å². The molecule has 150 valence electrons. The van der Waals surface area contributed by atoms with E-state index in [9.17, 15) is 18.0 Å². The average molecular weight is 394 g/mol. The van der Waals surface area contributed by atoms with Crippen molar-refractivity contribution < 1.29 is 62.5 Å². The number of rotatable bonds is 10. The molecule has 0 fully saturated rings. The van der Waals surface area contributed by atoms with Crippen LogP contribution < -0.4 is 0 Å². The van der Waals surface area contributed by atoms with Crippen molar-refractivity contribution in [1.29, 1.82) is 0 Å². The van der Waals surface area contributed by atoms with Gasteiger partial charge < -0.3 is 45.3 Å². The molecule has 0 spiro atoms. The summed E-state index contributed by atoms with van der Waals surface area (Å²) in [5.41, 5.74) is 0. The van der Waals surface area contributed by atoms with E-state index in [-0.39, 0.29) is 12.6 Å². The van der Waals surface area contributed by atoms with Gasteiger partial charge >= 0.3 is 10.4 Å². The Balaban J connectivity index is 0. The van der Waals surface area contributed by atoms with Gasteiger partial charge in [0, 0.05) is 0 Å². The van der Waals surface area contributed by atoms with E-state index in [1.165, 1.54) is 0 Å². The van der Waals surface area contributed by atoms with Crippen LogP contribution in [0.2, 0.25) is 0 Å². The van der Waals surface area contributed by atoms with E-state index in [4.69, 9.17) is 40.3 Å². The Bertz CT molecular complexity index is 478. The average Bonchev–Trinajstić information content (AvgIpc) is 2.55. The Kier molecular flexibility index (Phi) is 12.9. The number of aldehydes is 2. The van der Waals surface area contributed by atoms with Gasteiger partial charge in [-0.2, -0.15) is 8.42 Å². The summed E-state index contributed by atoms with van der Waals surface area (Å²) in [6.07, 6.45) is -11.9. The second kappa shape index (κ2) is 12.3. The van der Waals surface area contributed by atoms with Crippen LogP contribution in [0.25, 0.3) is 0 Å². The van der Waals surface area contributed by atoms with E-state index < -0.39 is 59.7 Å². The van der Waals surface area contributed by atoms with Gasteiger partial charge in [-0.25, -0.2) is 4.18 Å². The van der Waals surface area contributed by atoms with Crippen molar-refractivity contribution in [3.05, 3.63) is 0 Å². The Hall–Kier alpha value is -1.07. The summed E-state index contributed by atoms with van der Waals surface area (Å²) in [6.45, 7) is 0.426. The molecule has 0 radical (unpaired) electrons. The minimum Gasteiger partial charge on any atom is -0.394 e. The number of aliphatic hydroxyl groups excluding tert-OH is 7. The lowest BCUT2D eigenvalue weighted by Gasteiger charge is -2.23. The normalized spacial score (nSPS) is 20.0. The molecular formula is C11H22O13S. The molecule has 0 aliphatic heterocycles. The van der Waals surface area contributed by atoms with E-state index in [0.717, 1.165) is 6.92 Å². The predicted octanol–water partition coefficient (Wildman–Crippen LogP) is -5.26. The van der Waals surface area contributed by atoms with Crippen molar-refractivity contribution in [2.24, 2.45) is 0 Å². The lowest BCUT2D eigenvalue weighted by molar-refractivity contribution is -0.129. The largest absolute Gasteiger partial charge is 0.398 e. The molecule has 0 amide bonds. The molecule has 0 unspecified atom stereocenters. The Morgan fingerprint density at radius 2 is 1.40 bits per heavy atom. The summed E-state index contributed by atoms with van der Waals surface area (Å²) in [5, 5.41) is 61.1. The lowest BCUT2D eigenvalue weighted by atomic mass is 10.1. The molecule has 0 aliphatic carbocycles. The zero-order valence-electron chi connectivity index (χ0n) is 12.9. The molecule has 0 aromatic heterocycles. The van der Waals surface area contributed by atoms with Gasteiger partial charge in [0.15, 0.2) is 18.7 Å². The van der Waals surface area contributed by atoms with Crippen molar-refractivity contribution in [3.63, 3.8) is 0 Å². The summed E-state index contributed by atoms with van der Waals surface area (Å²) in [4.78, 5) is 20.1. The zero-order valence-corrected chi connectivity index (χ0v) is 13.7. The molecule has 8 N–H and O–H groups in total. The van der Waals surface area contributed by atoms with Crippen LogP contribution in [0.5, 0.6) is 0 Å². The lowest BCUT2D eigenvalue weighted by Crippen LogP contribution is -2.45. The van der Waals surface area contributed by atoms with Crippen LogP contribution in [0.4, 0.5) is 0 Å². The molecule has 25 heavy (non-hydrogen) atoms. The molecule has 7 atom stereocenters. The highest BCUT2D eigenvalue weighted by Crippen LogP contribution is 2.08. The van der Waals surface area contributed by atoms with Gasteiger partial charge in [0.25, 0.3) is 0 Å². The summed E-state index contributed by atoms with van der Waals surface area (Å²) in [5.74, 6) is 0. The van der Waals surface area contributed by atoms with E-state index >= 15 is 0 Å². The van der Waals surface area contributed by atoms with Crippen LogP contribution in [0.15, 0.2) is 0 Å². The number of hydrogen-bond acceptors (Lipinski definition) is 12. The van der Waals surface area contributed by atoms with Crippen LogP contribution >= 0.6 is 0 Å². The molecule has 0 saturated carbocycles. The molecule has 13 nitrogen and oxygen atoms in total. The third-order valence-corrected chi connectivity index (χ3v) is 3.08. The first kappa shape index (κ1) is 26.2. The Morgan fingerprint density at radius 1 is 0.920 bits per heavy atom. The molecule has 0 rings (SSSR count). The van der Waals surface area contributed by atoms with Crippen LogP contribution in [0, 0.1) is 0 Å². The maximum absolute atomic E-state index is 10.3. The molecule has 0 aromatic carbocycles. The van der Waals surface area contributed by atoms with Crippen LogP contribution in [0.1, 0.15) is 6.92 Å². The Labute approximate surface area is 142 Å². The summed E-state index contributed by atoms with van der Waals surface area (Å²) in [7, 11) is -4.92. The third-order valence-electron chi connectivity index (χ3n) is 2.62. The highest BCUT2D eigenvalue weighted by atomic mass is 32.3. The van der Waals surface area contributed by atoms with Gasteiger partial charge in [0.2, 0.25) is 0 Å². The van der Waals surface area contributed by atoms with Crippen LogP contribution in [-0.2, 0) is 24.2 Å². The van der Waals surface area contributed by atoms with Crippen molar-refractivity contribution in [2.75, 3.05) is 6.61 Å². The fraction of sp³-hybridized carbons (Fsp3) is 0.818. The molecular weight excluding hydrogens is 372 g/mol. The SMILES string of the molecule is C[C@@H](O)[C@@H](O)[C@H](O)[C@@H](C=O)OS(=O)(=O)O.O=C[C@H](O)[C@@H](O)[C@H](O)CO. The van der Waals surface area contributed by atoms with Gasteiger partial charge in [-0.15, -0.1) is 0 Å². The highest BCUT2D eigenvalue weighted by molar-refractivity contribution is 7.80. The maximum Gasteiger partial charge on any atom is 0.398 e. The van der Waals surface area contributed by atoms with Crippen LogP contribution in [0.3, 0.4) is 0 Å². The van der Waals surface area contributed by atoms with Gasteiger partial charge in [0.1, 0.15) is 30.5 Å². The maximum atomic E-state index is 10.3. The first-order valence-corrected chi connectivity index (χ1v) is 7.94. The van der Waals surface area contributed by atoms with Gasteiger partial charge in [-0.3, -0.25) is 4.55 Å². The molecule has 0 aromatic rings. The first-order chi connectivity index (χ1) is 11.3. The standard InChI is InChI=1S/C6H12O8S.C5H10O5/c1-3(8)5(9)6(10)4(2-7)14-15(11,12)13;6-1-3(8)5(10)4(9)2-7/h2-6,8-10H,1H3,(H,11,12,13);1,3-5,7-10H,2H2/t3-,4-,5-,6-;3-,4+,5+/m10/s1. The molecule has 0 aliphatic rings. The van der Waals surface area contributed by atoms with Crippen molar-refractivity contribution in [1.82, 2.24) is 0 Å². The molecule has 14 heteroatoms. The minimum absolute atomic E-state index is 0.0869. The van der Waals surface area contributed by atoms with E-state index in [1.807, 2.05) is 0 Å². The predicted molar refractivity (Wildman–Crippen MR) is 77.4 cm³/mol. The van der Waals surface area contributed by atoms with Crippen LogP contribution in [-0.4, -0.2) is 111 Å². The van der Waals surface area contributed by atoms with Crippen molar-refractivity contribution in [3.8, 4) is 0 Å². The molecule has 0 saturated heterocycles. The summed E-state index contributed by atoms with van der Waals surface area (Å²) >= 11 is 0. The highest BCUT2D eigenvalue weighted by Gasteiger charge is 2.32. The quantitative estimate of drug-likeness (QED) is 0.128. The van der Waals surface area contributed by atoms with E-state index in [2.05, 4.69) is 4.18 Å². The minimum atomic E-state index is -4.92. The fourth-order valence-corrected chi connectivity index (χ4v) is 1.64. The number of carbonyl (C=O) groups excluding carboxylic acids is 2. The second-order valence-electron chi connectivity index (χ2n) is 4.71. The van der Waals surface area contributed by atoms with Crippen molar-refractivity contribution >= 4 is 23.0 Å². The van der Waals surface area contributed by atoms with Gasteiger partial charge in [-0.05, 0) is 6.92 Å². The monoisotopic (exact) mass is 394 g/mol. The van der Waals surface area contributed by atoms with Gasteiger partial charge in [0.05, 0.1) is 12.7 Å². The zero-order chi connectivity index (χ0) is 20.4. The van der Waals surface area contributed by atoms with Gasteiger partial charge in [-0.1, -0.05) is 0 Å². The van der Waals surface area contributed by atoms with Crippen molar-refractivity contribution in [2.45, 2.75) is 49.7 Å².